The Morgan fingerprint density at radius 1 is 1.04 bits per heavy atom. The molecule has 2 fully saturated rings. The van der Waals surface area contributed by atoms with Gasteiger partial charge in [0.15, 0.2) is 0 Å². The Hall–Kier alpha value is -0.690. The third-order valence-electron chi connectivity index (χ3n) is 4.07. The van der Waals surface area contributed by atoms with Crippen molar-refractivity contribution < 1.29 is 17.9 Å². The average Bonchev–Trinajstić information content (AvgIpc) is 3.25. The van der Waals surface area contributed by atoms with Crippen LogP contribution in [0, 0.1) is 5.92 Å². The average molecular weight is 373 g/mol. The van der Waals surface area contributed by atoms with Crippen molar-refractivity contribution in [2.75, 3.05) is 26.2 Å². The van der Waals surface area contributed by atoms with Crippen LogP contribution in [0.25, 0.3) is 0 Å². The van der Waals surface area contributed by atoms with Gasteiger partial charge in [-0.25, -0.2) is 0 Å². The van der Waals surface area contributed by atoms with Gasteiger partial charge in [0.2, 0.25) is 0 Å². The monoisotopic (exact) mass is 372 g/mol. The molecule has 0 aromatic heterocycles. The SMILES string of the molecule is Cl.Cl.FC(F)(F)Oc1ccc([C@H](C2CC2)N2CCNCC2)cc1. The Bertz CT molecular complexity index is 475. The maximum atomic E-state index is 12.2. The summed E-state index contributed by atoms with van der Waals surface area (Å²) < 4.78 is 40.5. The van der Waals surface area contributed by atoms with E-state index in [0.29, 0.717) is 12.0 Å². The highest BCUT2D eigenvalue weighted by molar-refractivity contribution is 5.85. The minimum atomic E-state index is -4.63. The van der Waals surface area contributed by atoms with Gasteiger partial charge in [-0.2, -0.15) is 0 Å². The number of nitrogens with zero attached hydrogens (tertiary/aromatic N) is 1. The molecule has 3 rings (SSSR count). The summed E-state index contributed by atoms with van der Waals surface area (Å²) >= 11 is 0. The smallest absolute Gasteiger partial charge is 0.406 e. The normalized spacial score (nSPS) is 20.1. The fourth-order valence-corrected chi connectivity index (χ4v) is 3.02. The lowest BCUT2D eigenvalue weighted by Gasteiger charge is -2.35. The highest BCUT2D eigenvalue weighted by atomic mass is 35.5. The van der Waals surface area contributed by atoms with Gasteiger partial charge in [0.05, 0.1) is 0 Å². The molecular formula is C15H21Cl2F3N2O. The summed E-state index contributed by atoms with van der Waals surface area (Å²) in [7, 11) is 0. The number of rotatable bonds is 4. The van der Waals surface area contributed by atoms with Gasteiger partial charge in [-0.3, -0.25) is 4.90 Å². The van der Waals surface area contributed by atoms with Gasteiger partial charge in [0.1, 0.15) is 5.75 Å². The van der Waals surface area contributed by atoms with E-state index in [4.69, 9.17) is 0 Å². The molecule has 1 heterocycles. The Morgan fingerprint density at radius 3 is 2.09 bits per heavy atom. The van der Waals surface area contributed by atoms with Crippen LogP contribution in [0.3, 0.4) is 0 Å². The second-order valence-electron chi connectivity index (χ2n) is 5.69. The number of hydrogen-bond acceptors (Lipinski definition) is 3. The van der Waals surface area contributed by atoms with Crippen LogP contribution in [0.1, 0.15) is 24.4 Å². The van der Waals surface area contributed by atoms with Crippen molar-refractivity contribution in [2.24, 2.45) is 5.92 Å². The third-order valence-corrected chi connectivity index (χ3v) is 4.07. The number of hydrogen-bond donors (Lipinski definition) is 1. The van der Waals surface area contributed by atoms with Gasteiger partial charge in [-0.05, 0) is 36.5 Å². The summed E-state index contributed by atoms with van der Waals surface area (Å²) in [6.07, 6.45) is -2.22. The van der Waals surface area contributed by atoms with Crippen molar-refractivity contribution in [3.63, 3.8) is 0 Å². The predicted molar refractivity (Wildman–Crippen MR) is 87.5 cm³/mol. The molecule has 8 heteroatoms. The first-order valence-corrected chi connectivity index (χ1v) is 7.33. The summed E-state index contributed by atoms with van der Waals surface area (Å²) in [5, 5.41) is 3.33. The Morgan fingerprint density at radius 2 is 1.61 bits per heavy atom. The summed E-state index contributed by atoms with van der Waals surface area (Å²) in [6, 6.07) is 6.70. The Labute approximate surface area is 146 Å². The van der Waals surface area contributed by atoms with Crippen LogP contribution in [0.4, 0.5) is 13.2 Å². The van der Waals surface area contributed by atoms with Crippen LogP contribution in [0.2, 0.25) is 0 Å². The van der Waals surface area contributed by atoms with Crippen LogP contribution in [-0.4, -0.2) is 37.4 Å². The quantitative estimate of drug-likeness (QED) is 0.869. The van der Waals surface area contributed by atoms with E-state index in [-0.39, 0.29) is 30.6 Å². The van der Waals surface area contributed by atoms with Gasteiger partial charge >= 0.3 is 6.36 Å². The fraction of sp³-hybridized carbons (Fsp3) is 0.600. The van der Waals surface area contributed by atoms with E-state index >= 15 is 0 Å². The third kappa shape index (κ3) is 5.71. The van der Waals surface area contributed by atoms with Gasteiger partial charge in [0, 0.05) is 32.2 Å². The van der Waals surface area contributed by atoms with Gasteiger partial charge in [0.25, 0.3) is 0 Å². The van der Waals surface area contributed by atoms with Crippen LogP contribution in [0.15, 0.2) is 24.3 Å². The maximum Gasteiger partial charge on any atom is 0.573 e. The van der Waals surface area contributed by atoms with E-state index in [1.807, 2.05) is 0 Å². The summed E-state index contributed by atoms with van der Waals surface area (Å²) in [4.78, 5) is 2.44. The predicted octanol–water partition coefficient (Wildman–Crippen LogP) is 3.79. The van der Waals surface area contributed by atoms with Crippen LogP contribution in [0.5, 0.6) is 5.75 Å². The molecule has 1 atom stereocenters. The maximum absolute atomic E-state index is 12.2. The lowest BCUT2D eigenvalue weighted by atomic mass is 9.99. The lowest BCUT2D eigenvalue weighted by Crippen LogP contribution is -2.45. The van der Waals surface area contributed by atoms with Crippen molar-refractivity contribution in [1.29, 1.82) is 0 Å². The fourth-order valence-electron chi connectivity index (χ4n) is 3.02. The van der Waals surface area contributed by atoms with Crippen molar-refractivity contribution in [3.8, 4) is 5.75 Å². The molecule has 1 aliphatic carbocycles. The highest BCUT2D eigenvalue weighted by Crippen LogP contribution is 2.44. The number of alkyl halides is 3. The molecule has 1 saturated heterocycles. The van der Waals surface area contributed by atoms with E-state index in [1.54, 1.807) is 12.1 Å². The summed E-state index contributed by atoms with van der Waals surface area (Å²) in [5.41, 5.74) is 1.09. The zero-order chi connectivity index (χ0) is 14.9. The largest absolute Gasteiger partial charge is 0.573 e. The molecule has 1 saturated carbocycles. The van der Waals surface area contributed by atoms with Crippen LogP contribution in [-0.2, 0) is 0 Å². The molecule has 0 unspecified atom stereocenters. The number of ether oxygens (including phenoxy) is 1. The van der Waals surface area contributed by atoms with E-state index in [9.17, 15) is 13.2 Å². The van der Waals surface area contributed by atoms with Crippen molar-refractivity contribution >= 4 is 24.8 Å². The first-order valence-electron chi connectivity index (χ1n) is 7.33. The van der Waals surface area contributed by atoms with Crippen LogP contribution >= 0.6 is 24.8 Å². The van der Waals surface area contributed by atoms with Crippen LogP contribution < -0.4 is 10.1 Å². The number of piperazine rings is 1. The molecule has 1 aromatic rings. The van der Waals surface area contributed by atoms with E-state index in [1.165, 1.54) is 25.0 Å². The first-order chi connectivity index (χ1) is 10.0. The zero-order valence-corrected chi connectivity index (χ0v) is 14.1. The standard InChI is InChI=1S/C15H19F3N2O.2ClH/c16-15(17,18)21-13-5-3-12(4-6-13)14(11-1-2-11)20-9-7-19-8-10-20;;/h3-6,11,14,19H,1-2,7-10H2;2*1H/t14-;;/m0../s1. The molecule has 23 heavy (non-hydrogen) atoms. The number of benzene rings is 1. The van der Waals surface area contributed by atoms with Crippen molar-refractivity contribution in [2.45, 2.75) is 25.2 Å². The second kappa shape index (κ2) is 8.42. The minimum Gasteiger partial charge on any atom is -0.406 e. The van der Waals surface area contributed by atoms with E-state index < -0.39 is 6.36 Å². The van der Waals surface area contributed by atoms with Crippen molar-refractivity contribution in [1.82, 2.24) is 10.2 Å². The van der Waals surface area contributed by atoms with Gasteiger partial charge < -0.3 is 10.1 Å². The molecule has 3 nitrogen and oxygen atoms in total. The molecule has 1 aromatic carbocycles. The first kappa shape index (κ1) is 20.4. The number of nitrogens with one attached hydrogen (secondary N) is 1. The van der Waals surface area contributed by atoms with Gasteiger partial charge in [-0.1, -0.05) is 12.1 Å². The second-order valence-corrected chi connectivity index (χ2v) is 5.69. The molecule has 132 valence electrons. The summed E-state index contributed by atoms with van der Waals surface area (Å²) in [6.45, 7) is 3.92. The molecule has 0 radical (unpaired) electrons. The van der Waals surface area contributed by atoms with Crippen molar-refractivity contribution in [3.05, 3.63) is 29.8 Å². The van der Waals surface area contributed by atoms with E-state index in [2.05, 4.69) is 15.0 Å². The Balaban J connectivity index is 0.00000132. The molecule has 0 bridgehead atoms. The molecule has 1 aliphatic heterocycles. The van der Waals surface area contributed by atoms with Gasteiger partial charge in [-0.15, -0.1) is 38.0 Å². The minimum absolute atomic E-state index is 0. The zero-order valence-electron chi connectivity index (χ0n) is 12.5. The Kier molecular flexibility index (Phi) is 7.45. The molecule has 1 N–H and O–H groups in total. The van der Waals surface area contributed by atoms with E-state index in [0.717, 1.165) is 31.7 Å². The lowest BCUT2D eigenvalue weighted by molar-refractivity contribution is -0.274. The topological polar surface area (TPSA) is 24.5 Å². The molecule has 0 spiro atoms. The summed E-state index contributed by atoms with van der Waals surface area (Å²) in [5.74, 6) is 0.485. The number of halogens is 5. The molecular weight excluding hydrogens is 352 g/mol. The molecule has 2 aliphatic rings. The highest BCUT2D eigenvalue weighted by Gasteiger charge is 2.37. The molecule has 0 amide bonds.